The minimum Gasteiger partial charge on any atom is -0.406 e. The van der Waals surface area contributed by atoms with Crippen molar-refractivity contribution in [3.63, 3.8) is 0 Å². The van der Waals surface area contributed by atoms with Gasteiger partial charge < -0.3 is 25.2 Å². The van der Waals surface area contributed by atoms with Gasteiger partial charge in [0.2, 0.25) is 5.95 Å². The Morgan fingerprint density at radius 1 is 0.975 bits per heavy atom. The van der Waals surface area contributed by atoms with Gasteiger partial charge in [-0.1, -0.05) is 6.07 Å². The van der Waals surface area contributed by atoms with E-state index in [-0.39, 0.29) is 11.7 Å². The first-order valence-corrected chi connectivity index (χ1v) is 13.0. The molecular weight excluding hydrogens is 523 g/mol. The molecule has 3 heterocycles. The molecule has 0 radical (unpaired) electrons. The van der Waals surface area contributed by atoms with Crippen molar-refractivity contribution in [2.24, 2.45) is 0 Å². The Hall–Kier alpha value is -4.16. The molecule has 0 saturated carbocycles. The number of amides is 1. The highest BCUT2D eigenvalue weighted by atomic mass is 19.4. The summed E-state index contributed by atoms with van der Waals surface area (Å²) in [6.45, 7) is 5.89. The highest BCUT2D eigenvalue weighted by Crippen LogP contribution is 2.27. The zero-order valence-electron chi connectivity index (χ0n) is 22.0. The summed E-state index contributed by atoms with van der Waals surface area (Å²) in [7, 11) is 2.13. The molecule has 210 valence electrons. The van der Waals surface area contributed by atoms with E-state index in [0.29, 0.717) is 40.6 Å². The number of halogens is 3. The summed E-state index contributed by atoms with van der Waals surface area (Å²) in [4.78, 5) is 21.8. The Morgan fingerprint density at radius 3 is 2.40 bits per heavy atom. The maximum Gasteiger partial charge on any atom is 0.573 e. The summed E-state index contributed by atoms with van der Waals surface area (Å²) >= 11 is 0. The lowest BCUT2D eigenvalue weighted by Crippen LogP contribution is -2.45. The van der Waals surface area contributed by atoms with Crippen LogP contribution < -0.4 is 15.4 Å². The zero-order chi connectivity index (χ0) is 28.1. The lowest BCUT2D eigenvalue weighted by Gasteiger charge is -2.32. The lowest BCUT2D eigenvalue weighted by atomic mass is 10.1. The number of benzene rings is 2. The minimum atomic E-state index is -4.75. The molecule has 2 aromatic carbocycles. The second-order valence-electron chi connectivity index (χ2n) is 9.65. The first-order valence-electron chi connectivity index (χ1n) is 13.0. The molecule has 4 aromatic rings. The summed E-state index contributed by atoms with van der Waals surface area (Å²) in [5.74, 6) is -0.0789. The number of likely N-dealkylation sites (N-methyl/N-ethyl adjacent to an activating group) is 1. The van der Waals surface area contributed by atoms with Gasteiger partial charge in [0.05, 0.1) is 5.69 Å². The number of pyridine rings is 1. The lowest BCUT2D eigenvalue weighted by molar-refractivity contribution is -0.274. The van der Waals surface area contributed by atoms with Gasteiger partial charge in [0.1, 0.15) is 5.75 Å². The number of hydrogen-bond donors (Lipinski definition) is 2. The number of fused-ring (bicyclic) bond motifs is 1. The number of carbonyl (C=O) groups excluding carboxylic acids is 1. The number of rotatable bonds is 9. The standard InChI is InChI=1S/C28H30F3N7O2/c1-36-16-18-37(19-17-36)15-3-14-32-26(39)21-6-10-22(11-7-21)33-27-34-25-5-2-4-24(38(25)35-27)20-8-12-23(13-9-20)40-28(29,30)31/h2,4-13H,3,14-19H2,1H3,(H,32,39)(H,33,35). The van der Waals surface area contributed by atoms with Crippen molar-refractivity contribution in [2.75, 3.05) is 51.6 Å². The van der Waals surface area contributed by atoms with Crippen LogP contribution in [0.15, 0.2) is 66.7 Å². The van der Waals surface area contributed by atoms with Crippen LogP contribution in [0.4, 0.5) is 24.8 Å². The van der Waals surface area contributed by atoms with E-state index < -0.39 is 6.36 Å². The molecule has 9 nitrogen and oxygen atoms in total. The fourth-order valence-electron chi connectivity index (χ4n) is 4.52. The van der Waals surface area contributed by atoms with Crippen molar-refractivity contribution >= 4 is 23.2 Å². The highest BCUT2D eigenvalue weighted by molar-refractivity contribution is 5.94. The van der Waals surface area contributed by atoms with Gasteiger partial charge in [-0.2, -0.15) is 4.98 Å². The topological polar surface area (TPSA) is 87.0 Å². The van der Waals surface area contributed by atoms with E-state index in [9.17, 15) is 18.0 Å². The van der Waals surface area contributed by atoms with Gasteiger partial charge >= 0.3 is 6.36 Å². The van der Waals surface area contributed by atoms with Gasteiger partial charge in [0, 0.05) is 49.5 Å². The molecule has 1 saturated heterocycles. The third kappa shape index (κ3) is 7.07. The molecule has 0 bridgehead atoms. The largest absolute Gasteiger partial charge is 0.573 e. The van der Waals surface area contributed by atoms with E-state index in [1.807, 2.05) is 0 Å². The summed E-state index contributed by atoms with van der Waals surface area (Å²) in [5, 5.41) is 10.6. The third-order valence-electron chi connectivity index (χ3n) is 6.68. The number of nitrogens with zero attached hydrogens (tertiary/aromatic N) is 5. The average molecular weight is 554 g/mol. The highest BCUT2D eigenvalue weighted by Gasteiger charge is 2.31. The molecular formula is C28H30F3N7O2. The Morgan fingerprint density at radius 2 is 1.70 bits per heavy atom. The Bertz CT molecular complexity index is 1430. The van der Waals surface area contributed by atoms with Gasteiger partial charge in [-0.15, -0.1) is 18.3 Å². The molecule has 1 fully saturated rings. The first-order chi connectivity index (χ1) is 19.2. The monoisotopic (exact) mass is 553 g/mol. The van der Waals surface area contributed by atoms with Crippen LogP contribution in [-0.4, -0.2) is 83.0 Å². The molecule has 0 unspecified atom stereocenters. The SMILES string of the molecule is CN1CCN(CCCNC(=O)c2ccc(Nc3nc4cccc(-c5ccc(OC(F)(F)F)cc5)n4n3)cc2)CC1. The molecule has 0 spiro atoms. The molecule has 2 aromatic heterocycles. The summed E-state index contributed by atoms with van der Waals surface area (Å²) in [5.41, 5.74) is 3.13. The van der Waals surface area contributed by atoms with Crippen molar-refractivity contribution < 1.29 is 22.7 Å². The molecule has 40 heavy (non-hydrogen) atoms. The Balaban J connectivity index is 1.17. The molecule has 12 heteroatoms. The number of anilines is 2. The van der Waals surface area contributed by atoms with E-state index in [1.165, 1.54) is 24.3 Å². The van der Waals surface area contributed by atoms with Crippen LogP contribution in [0.3, 0.4) is 0 Å². The second kappa shape index (κ2) is 11.9. The van der Waals surface area contributed by atoms with Crippen LogP contribution in [-0.2, 0) is 0 Å². The number of carbonyl (C=O) groups is 1. The molecule has 0 atom stereocenters. The molecule has 2 N–H and O–H groups in total. The van der Waals surface area contributed by atoms with Crippen molar-refractivity contribution in [1.82, 2.24) is 29.7 Å². The van der Waals surface area contributed by atoms with Crippen LogP contribution in [0.1, 0.15) is 16.8 Å². The van der Waals surface area contributed by atoms with E-state index >= 15 is 0 Å². The van der Waals surface area contributed by atoms with E-state index in [1.54, 1.807) is 47.0 Å². The van der Waals surface area contributed by atoms with Crippen molar-refractivity contribution in [2.45, 2.75) is 12.8 Å². The number of nitrogens with one attached hydrogen (secondary N) is 2. The molecule has 0 aliphatic carbocycles. The van der Waals surface area contributed by atoms with Crippen LogP contribution in [0.25, 0.3) is 16.9 Å². The molecule has 1 aliphatic rings. The fraction of sp³-hybridized carbons (Fsp3) is 0.321. The van der Waals surface area contributed by atoms with Crippen LogP contribution >= 0.6 is 0 Å². The van der Waals surface area contributed by atoms with Crippen LogP contribution in [0.5, 0.6) is 5.75 Å². The smallest absolute Gasteiger partial charge is 0.406 e. The van der Waals surface area contributed by atoms with Crippen molar-refractivity contribution in [3.8, 4) is 17.0 Å². The molecule has 1 aliphatic heterocycles. The van der Waals surface area contributed by atoms with Crippen molar-refractivity contribution in [3.05, 3.63) is 72.3 Å². The second-order valence-corrected chi connectivity index (χ2v) is 9.65. The average Bonchev–Trinajstić information content (AvgIpc) is 3.34. The van der Waals surface area contributed by atoms with Gasteiger partial charge in [-0.3, -0.25) is 4.79 Å². The number of alkyl halides is 3. The minimum absolute atomic E-state index is 0.118. The first kappa shape index (κ1) is 27.4. The predicted molar refractivity (Wildman–Crippen MR) is 146 cm³/mol. The zero-order valence-corrected chi connectivity index (χ0v) is 22.0. The van der Waals surface area contributed by atoms with Crippen LogP contribution in [0, 0.1) is 0 Å². The van der Waals surface area contributed by atoms with Gasteiger partial charge in [0.15, 0.2) is 5.65 Å². The maximum atomic E-state index is 12.5. The van der Waals surface area contributed by atoms with Gasteiger partial charge in [-0.05, 0) is 80.7 Å². The number of piperazine rings is 1. The van der Waals surface area contributed by atoms with E-state index in [4.69, 9.17) is 0 Å². The summed E-state index contributed by atoms with van der Waals surface area (Å²) in [6, 6.07) is 18.0. The molecule has 5 rings (SSSR count). The Labute approximate surface area is 229 Å². The van der Waals surface area contributed by atoms with Crippen molar-refractivity contribution in [1.29, 1.82) is 0 Å². The molecule has 1 amide bonds. The predicted octanol–water partition coefficient (Wildman–Crippen LogP) is 4.41. The van der Waals surface area contributed by atoms with E-state index in [0.717, 1.165) is 39.1 Å². The summed E-state index contributed by atoms with van der Waals surface area (Å²) in [6.07, 6.45) is -3.84. The Kier molecular flexibility index (Phi) is 8.17. The number of aromatic nitrogens is 3. The summed E-state index contributed by atoms with van der Waals surface area (Å²) < 4.78 is 43.0. The van der Waals surface area contributed by atoms with Gasteiger partial charge in [-0.25, -0.2) is 4.52 Å². The van der Waals surface area contributed by atoms with E-state index in [2.05, 4.69) is 42.3 Å². The third-order valence-corrected chi connectivity index (χ3v) is 6.68. The maximum absolute atomic E-state index is 12.5. The normalized spacial score (nSPS) is 14.8. The quantitative estimate of drug-likeness (QED) is 0.297. The number of hydrogen-bond acceptors (Lipinski definition) is 7. The number of ether oxygens (including phenoxy) is 1. The van der Waals surface area contributed by atoms with Gasteiger partial charge in [0.25, 0.3) is 5.91 Å². The fourth-order valence-corrected chi connectivity index (χ4v) is 4.52. The van der Waals surface area contributed by atoms with Crippen LogP contribution in [0.2, 0.25) is 0 Å².